The fourth-order valence-electron chi connectivity index (χ4n) is 6.67. The van der Waals surface area contributed by atoms with Gasteiger partial charge in [0.1, 0.15) is 23.2 Å². The summed E-state index contributed by atoms with van der Waals surface area (Å²) in [4.78, 5) is 40.2. The van der Waals surface area contributed by atoms with Crippen molar-refractivity contribution in [3.05, 3.63) is 33.4 Å². The molecule has 9 unspecified atom stereocenters. The topological polar surface area (TPSA) is 178 Å². The highest BCUT2D eigenvalue weighted by Gasteiger charge is 2.55. The average molecular weight is 575 g/mol. The van der Waals surface area contributed by atoms with Crippen LogP contribution in [0.15, 0.2) is 11.1 Å². The third-order valence-electron chi connectivity index (χ3n) is 9.03. The Bertz CT molecular complexity index is 1360. The number of aliphatic hydroxyl groups is 2. The monoisotopic (exact) mass is 574 g/mol. The Morgan fingerprint density at radius 1 is 0.951 bits per heavy atom. The number of hydrogen-bond acceptors (Lipinski definition) is 12. The van der Waals surface area contributed by atoms with Gasteiger partial charge in [0.15, 0.2) is 24.0 Å². The fourth-order valence-corrected chi connectivity index (χ4v) is 6.67. The van der Waals surface area contributed by atoms with Crippen molar-refractivity contribution in [3.63, 3.8) is 0 Å². The minimum atomic E-state index is -1.89. The molecule has 1 aromatic carbocycles. The van der Waals surface area contributed by atoms with Crippen LogP contribution in [-0.4, -0.2) is 87.0 Å². The highest BCUT2D eigenvalue weighted by Crippen LogP contribution is 2.55. The summed E-state index contributed by atoms with van der Waals surface area (Å²) in [5.74, 6) is -3.29. The number of rotatable bonds is 4. The minimum absolute atomic E-state index is 0.0311. The largest absolute Gasteiger partial charge is 0.507 e. The molecule has 4 heterocycles. The van der Waals surface area contributed by atoms with Crippen LogP contribution >= 0.6 is 0 Å². The second kappa shape index (κ2) is 9.85. The van der Waals surface area contributed by atoms with Gasteiger partial charge in [0, 0.05) is 35.1 Å². The molecule has 0 radical (unpaired) electrons. The lowest BCUT2D eigenvalue weighted by Gasteiger charge is -2.44. The van der Waals surface area contributed by atoms with E-state index < -0.39 is 94.8 Å². The number of aromatic hydroxyl groups is 2. The number of benzene rings is 1. The van der Waals surface area contributed by atoms with Gasteiger partial charge in [0.25, 0.3) is 0 Å². The summed E-state index contributed by atoms with van der Waals surface area (Å²) in [6.07, 6.45) is -4.98. The van der Waals surface area contributed by atoms with Crippen molar-refractivity contribution < 1.29 is 58.5 Å². The van der Waals surface area contributed by atoms with Crippen molar-refractivity contribution >= 4 is 17.5 Å². The second-order valence-corrected chi connectivity index (χ2v) is 11.6. The van der Waals surface area contributed by atoms with Gasteiger partial charge in [-0.25, -0.2) is 0 Å². The maximum absolute atomic E-state index is 14.1. The van der Waals surface area contributed by atoms with Gasteiger partial charge in [-0.2, -0.15) is 0 Å². The van der Waals surface area contributed by atoms with Crippen molar-refractivity contribution in [2.24, 2.45) is 0 Å². The molecule has 0 saturated carbocycles. The first-order valence-corrected chi connectivity index (χ1v) is 14.0. The third-order valence-corrected chi connectivity index (χ3v) is 9.03. The summed E-state index contributed by atoms with van der Waals surface area (Å²) in [5, 5.41) is 44.1. The van der Waals surface area contributed by atoms with Crippen molar-refractivity contribution in [1.82, 2.24) is 0 Å². The van der Waals surface area contributed by atoms with Crippen LogP contribution in [0, 0.1) is 0 Å². The maximum Gasteiger partial charge on any atom is 0.309 e. The summed E-state index contributed by atoms with van der Waals surface area (Å²) in [5.41, 5.74) is -3.01. The fraction of sp³-hybridized carbons (Fsp3) is 0.621. The van der Waals surface area contributed by atoms with E-state index in [1.54, 1.807) is 20.8 Å². The van der Waals surface area contributed by atoms with Gasteiger partial charge < -0.3 is 44.1 Å². The number of ketones is 2. The van der Waals surface area contributed by atoms with E-state index in [0.29, 0.717) is 12.8 Å². The molecule has 0 amide bonds. The first kappa shape index (κ1) is 28.3. The Labute approximate surface area is 235 Å². The molecule has 41 heavy (non-hydrogen) atoms. The van der Waals surface area contributed by atoms with Crippen molar-refractivity contribution in [2.75, 3.05) is 6.61 Å². The lowest BCUT2D eigenvalue weighted by atomic mass is 9.70. The third kappa shape index (κ3) is 4.23. The molecule has 222 valence electrons. The number of fused-ring (bicyclic) bond motifs is 4. The number of Topliss-reactive ketones (excluding diaryl/α,β-unsaturated/α-hetero) is 2. The molecule has 6 rings (SSSR count). The highest BCUT2D eigenvalue weighted by molar-refractivity contribution is 6.30. The van der Waals surface area contributed by atoms with E-state index in [1.807, 2.05) is 0 Å². The van der Waals surface area contributed by atoms with Crippen LogP contribution in [0.1, 0.15) is 97.4 Å². The zero-order valence-corrected chi connectivity index (χ0v) is 23.2. The Hall–Kier alpha value is -2.87. The van der Waals surface area contributed by atoms with Gasteiger partial charge in [-0.1, -0.05) is 0 Å². The van der Waals surface area contributed by atoms with Gasteiger partial charge in [-0.05, 0) is 34.1 Å². The van der Waals surface area contributed by atoms with Crippen LogP contribution in [0.3, 0.4) is 0 Å². The Morgan fingerprint density at radius 3 is 2.34 bits per heavy atom. The molecule has 0 aromatic heterocycles. The van der Waals surface area contributed by atoms with E-state index in [9.17, 15) is 34.8 Å². The molecular formula is C29H34O12. The molecule has 0 bridgehead atoms. The number of ether oxygens (including phenoxy) is 5. The molecule has 4 aliphatic heterocycles. The van der Waals surface area contributed by atoms with Gasteiger partial charge >= 0.3 is 5.97 Å². The van der Waals surface area contributed by atoms with Crippen LogP contribution in [0.5, 0.6) is 11.5 Å². The van der Waals surface area contributed by atoms with Crippen LogP contribution in [0.25, 0.3) is 0 Å². The zero-order chi connectivity index (χ0) is 29.5. The summed E-state index contributed by atoms with van der Waals surface area (Å²) in [6.45, 7) is 6.36. The number of esters is 1. The smallest absolute Gasteiger partial charge is 0.309 e. The lowest BCUT2D eigenvalue weighted by molar-refractivity contribution is -0.220. The molecule has 1 aliphatic carbocycles. The summed E-state index contributed by atoms with van der Waals surface area (Å²) in [7, 11) is 0. The SMILES string of the molecule is CC1OC2CC(=O)OC2c2c(O)c3c(c(O)c21)C(=O)C1=C(C3=O)C(CCOC2CCC(O)C(C)O2)OC(C)C1(C)O. The van der Waals surface area contributed by atoms with E-state index in [1.165, 1.54) is 6.92 Å². The van der Waals surface area contributed by atoms with Crippen LogP contribution in [0.2, 0.25) is 0 Å². The van der Waals surface area contributed by atoms with Gasteiger partial charge in [0.05, 0.1) is 54.7 Å². The van der Waals surface area contributed by atoms with Crippen molar-refractivity contribution in [3.8, 4) is 11.5 Å². The number of phenolic OH excluding ortho intramolecular Hbond substituents is 2. The molecule has 12 heteroatoms. The van der Waals surface area contributed by atoms with E-state index in [2.05, 4.69) is 0 Å². The lowest BCUT2D eigenvalue weighted by Crippen LogP contribution is -2.53. The molecule has 2 saturated heterocycles. The van der Waals surface area contributed by atoms with Gasteiger partial charge in [0.2, 0.25) is 0 Å². The summed E-state index contributed by atoms with van der Waals surface area (Å²) < 4.78 is 28.8. The average Bonchev–Trinajstić information content (AvgIpc) is 3.27. The Balaban J connectivity index is 1.39. The zero-order valence-electron chi connectivity index (χ0n) is 23.2. The minimum Gasteiger partial charge on any atom is -0.507 e. The number of carbonyl (C=O) groups is 3. The number of hydrogen-bond donors (Lipinski definition) is 4. The standard InChI is InChI=1S/C29H34O12/c1-10-13(30)5-6-17(39-10)37-8-7-14-19-23(29(4,36)12(3)40-14)27(35)21-20(25(19)33)26(34)22-18(24(21)32)11(2)38-15-9-16(31)41-28(15)22/h10-15,17,28,30,32,34,36H,5-9H2,1-4H3. The predicted molar refractivity (Wildman–Crippen MR) is 137 cm³/mol. The Morgan fingerprint density at radius 2 is 1.63 bits per heavy atom. The van der Waals surface area contributed by atoms with Gasteiger partial charge in [-0.3, -0.25) is 14.4 Å². The molecule has 5 aliphatic rings. The van der Waals surface area contributed by atoms with E-state index in [0.717, 1.165) is 0 Å². The van der Waals surface area contributed by atoms with Crippen molar-refractivity contribution in [1.29, 1.82) is 0 Å². The van der Waals surface area contributed by atoms with Crippen molar-refractivity contribution in [2.45, 2.75) is 108 Å². The molecule has 9 atom stereocenters. The second-order valence-electron chi connectivity index (χ2n) is 11.6. The molecule has 1 aromatic rings. The molecular weight excluding hydrogens is 540 g/mol. The molecule has 12 nitrogen and oxygen atoms in total. The predicted octanol–water partition coefficient (Wildman–Crippen LogP) is 2.05. The first-order valence-electron chi connectivity index (χ1n) is 14.0. The number of carbonyl (C=O) groups excluding carboxylic acids is 3. The quantitative estimate of drug-likeness (QED) is 0.304. The number of phenols is 2. The van der Waals surface area contributed by atoms with E-state index >= 15 is 0 Å². The molecule has 2 fully saturated rings. The highest BCUT2D eigenvalue weighted by atomic mass is 16.7. The van der Waals surface area contributed by atoms with Crippen LogP contribution in [0.4, 0.5) is 0 Å². The van der Waals surface area contributed by atoms with Crippen LogP contribution in [-0.2, 0) is 28.5 Å². The summed E-state index contributed by atoms with van der Waals surface area (Å²) >= 11 is 0. The molecule has 0 spiro atoms. The first-order chi connectivity index (χ1) is 19.3. The van der Waals surface area contributed by atoms with E-state index in [-0.39, 0.29) is 41.7 Å². The maximum atomic E-state index is 14.1. The van der Waals surface area contributed by atoms with Gasteiger partial charge in [-0.15, -0.1) is 0 Å². The van der Waals surface area contributed by atoms with Crippen LogP contribution < -0.4 is 0 Å². The summed E-state index contributed by atoms with van der Waals surface area (Å²) in [6, 6.07) is 0. The Kier molecular flexibility index (Phi) is 6.79. The normalized spacial score (nSPS) is 38.2. The molecule has 4 N–H and O–H groups in total. The number of aliphatic hydroxyl groups excluding tert-OH is 1. The van der Waals surface area contributed by atoms with E-state index in [4.69, 9.17) is 23.7 Å².